The fourth-order valence-electron chi connectivity index (χ4n) is 1.77. The summed E-state index contributed by atoms with van der Waals surface area (Å²) in [5.74, 6) is -0.741. The van der Waals surface area contributed by atoms with Crippen molar-refractivity contribution in [2.75, 3.05) is 0 Å². The van der Waals surface area contributed by atoms with Gasteiger partial charge in [-0.05, 0) is 31.4 Å². The summed E-state index contributed by atoms with van der Waals surface area (Å²) in [6, 6.07) is 2.00. The van der Waals surface area contributed by atoms with Crippen molar-refractivity contribution in [1.82, 2.24) is 14.5 Å². The zero-order valence-electron chi connectivity index (χ0n) is 9.76. The number of aryl methyl sites for hydroxylation is 2. The number of carboxylic acid groups (broad SMARTS) is 1. The Bertz CT molecular complexity index is 534. The highest BCUT2D eigenvalue weighted by molar-refractivity contribution is 5.71. The molecule has 0 atom stereocenters. The SMILES string of the molecule is Cc1cnc2c(c1)ncn2CCCCC(=O)O. The Balaban J connectivity index is 2.01. The van der Waals surface area contributed by atoms with Crippen LogP contribution in [0.25, 0.3) is 11.2 Å². The predicted octanol–water partition coefficient (Wildman–Crippen LogP) is 1.99. The minimum atomic E-state index is -0.741. The molecule has 0 aliphatic heterocycles. The average molecular weight is 233 g/mol. The van der Waals surface area contributed by atoms with E-state index < -0.39 is 5.97 Å². The van der Waals surface area contributed by atoms with Crippen LogP contribution < -0.4 is 0 Å². The molecule has 0 saturated carbocycles. The summed E-state index contributed by atoms with van der Waals surface area (Å²) in [6.45, 7) is 2.75. The summed E-state index contributed by atoms with van der Waals surface area (Å²) >= 11 is 0. The third-order valence-electron chi connectivity index (χ3n) is 2.63. The Kier molecular flexibility index (Phi) is 3.37. The van der Waals surface area contributed by atoms with Gasteiger partial charge in [-0.15, -0.1) is 0 Å². The molecule has 17 heavy (non-hydrogen) atoms. The molecule has 0 amide bonds. The molecule has 0 aromatic carbocycles. The first-order chi connectivity index (χ1) is 8.16. The maximum absolute atomic E-state index is 10.4. The van der Waals surface area contributed by atoms with E-state index in [-0.39, 0.29) is 6.42 Å². The van der Waals surface area contributed by atoms with Gasteiger partial charge in [-0.2, -0.15) is 0 Å². The Morgan fingerprint density at radius 1 is 1.41 bits per heavy atom. The second-order valence-corrected chi connectivity index (χ2v) is 4.14. The zero-order chi connectivity index (χ0) is 12.3. The number of unbranched alkanes of at least 4 members (excludes halogenated alkanes) is 1. The second-order valence-electron chi connectivity index (χ2n) is 4.14. The van der Waals surface area contributed by atoms with Crippen molar-refractivity contribution < 1.29 is 9.90 Å². The molecule has 90 valence electrons. The Morgan fingerprint density at radius 2 is 2.24 bits per heavy atom. The number of aliphatic carboxylic acids is 1. The Hall–Kier alpha value is -1.91. The van der Waals surface area contributed by atoms with Crippen LogP contribution in [-0.2, 0) is 11.3 Å². The van der Waals surface area contributed by atoms with Gasteiger partial charge in [0.1, 0.15) is 5.52 Å². The molecule has 2 aromatic heterocycles. The van der Waals surface area contributed by atoms with Gasteiger partial charge in [0, 0.05) is 19.2 Å². The average Bonchev–Trinajstić information content (AvgIpc) is 2.66. The molecule has 1 N–H and O–H groups in total. The monoisotopic (exact) mass is 233 g/mol. The van der Waals surface area contributed by atoms with Crippen molar-refractivity contribution in [3.05, 3.63) is 24.2 Å². The van der Waals surface area contributed by atoms with Crippen molar-refractivity contribution in [1.29, 1.82) is 0 Å². The van der Waals surface area contributed by atoms with Crippen LogP contribution >= 0.6 is 0 Å². The van der Waals surface area contributed by atoms with Crippen molar-refractivity contribution in [3.8, 4) is 0 Å². The lowest BCUT2D eigenvalue weighted by atomic mass is 10.2. The predicted molar refractivity (Wildman–Crippen MR) is 63.8 cm³/mol. The summed E-state index contributed by atoms with van der Waals surface area (Å²) in [4.78, 5) is 19.0. The lowest BCUT2D eigenvalue weighted by Crippen LogP contribution is -2.00. The van der Waals surface area contributed by atoms with Gasteiger partial charge >= 0.3 is 5.97 Å². The van der Waals surface area contributed by atoms with Gasteiger partial charge in [0.25, 0.3) is 0 Å². The van der Waals surface area contributed by atoms with E-state index in [0.717, 1.165) is 29.7 Å². The van der Waals surface area contributed by atoms with Gasteiger partial charge < -0.3 is 9.67 Å². The minimum absolute atomic E-state index is 0.221. The number of imidazole rings is 1. The lowest BCUT2D eigenvalue weighted by molar-refractivity contribution is -0.137. The lowest BCUT2D eigenvalue weighted by Gasteiger charge is -2.02. The number of hydrogen-bond donors (Lipinski definition) is 1. The first kappa shape index (κ1) is 11.6. The maximum atomic E-state index is 10.4. The normalized spacial score (nSPS) is 10.9. The quantitative estimate of drug-likeness (QED) is 0.802. The highest BCUT2D eigenvalue weighted by atomic mass is 16.4. The van der Waals surface area contributed by atoms with Crippen LogP contribution in [0.2, 0.25) is 0 Å². The van der Waals surface area contributed by atoms with Gasteiger partial charge in [-0.1, -0.05) is 0 Å². The molecule has 0 radical (unpaired) electrons. The molecule has 2 heterocycles. The molecule has 0 spiro atoms. The van der Waals surface area contributed by atoms with Crippen LogP contribution in [0, 0.1) is 6.92 Å². The standard InChI is InChI=1S/C12H15N3O2/c1-9-6-10-12(13-7-9)15(8-14-10)5-3-2-4-11(16)17/h6-8H,2-5H2,1H3,(H,16,17). The third kappa shape index (κ3) is 2.81. The topological polar surface area (TPSA) is 68.0 Å². The zero-order valence-corrected chi connectivity index (χ0v) is 9.76. The van der Waals surface area contributed by atoms with Crippen molar-refractivity contribution in [2.45, 2.75) is 32.7 Å². The summed E-state index contributed by atoms with van der Waals surface area (Å²) in [7, 11) is 0. The van der Waals surface area contributed by atoms with Crippen molar-refractivity contribution in [3.63, 3.8) is 0 Å². The number of hydrogen-bond acceptors (Lipinski definition) is 3. The maximum Gasteiger partial charge on any atom is 0.303 e. The highest BCUT2D eigenvalue weighted by Gasteiger charge is 2.04. The van der Waals surface area contributed by atoms with E-state index in [9.17, 15) is 4.79 Å². The van der Waals surface area contributed by atoms with Crippen LogP contribution in [0.1, 0.15) is 24.8 Å². The minimum Gasteiger partial charge on any atom is -0.481 e. The summed E-state index contributed by atoms with van der Waals surface area (Å²) < 4.78 is 1.97. The molecule has 2 aromatic rings. The molecule has 2 rings (SSSR count). The Morgan fingerprint density at radius 3 is 3.00 bits per heavy atom. The summed E-state index contributed by atoms with van der Waals surface area (Å²) in [5.41, 5.74) is 2.85. The largest absolute Gasteiger partial charge is 0.481 e. The Labute approximate surface area is 99.1 Å². The number of carboxylic acids is 1. The van der Waals surface area contributed by atoms with E-state index in [1.807, 2.05) is 23.8 Å². The number of rotatable bonds is 5. The fourth-order valence-corrected chi connectivity index (χ4v) is 1.77. The van der Waals surface area contributed by atoms with Crippen molar-refractivity contribution in [2.24, 2.45) is 0 Å². The number of nitrogens with zero attached hydrogens (tertiary/aromatic N) is 3. The van der Waals surface area contributed by atoms with E-state index in [0.29, 0.717) is 6.42 Å². The number of carbonyl (C=O) groups is 1. The molecule has 5 nitrogen and oxygen atoms in total. The van der Waals surface area contributed by atoms with Gasteiger partial charge in [0.05, 0.1) is 6.33 Å². The fraction of sp³-hybridized carbons (Fsp3) is 0.417. The summed E-state index contributed by atoms with van der Waals surface area (Å²) in [6.07, 6.45) is 5.31. The van der Waals surface area contributed by atoms with Crippen molar-refractivity contribution >= 4 is 17.1 Å². The first-order valence-corrected chi connectivity index (χ1v) is 5.66. The van der Waals surface area contributed by atoms with Crippen LogP contribution in [0.4, 0.5) is 0 Å². The molecule has 0 aliphatic carbocycles. The van der Waals surface area contributed by atoms with Gasteiger partial charge in [-0.25, -0.2) is 9.97 Å². The molecular formula is C12H15N3O2. The van der Waals surface area contributed by atoms with Gasteiger partial charge in [-0.3, -0.25) is 4.79 Å². The summed E-state index contributed by atoms with van der Waals surface area (Å²) in [5, 5.41) is 8.54. The molecule has 0 fully saturated rings. The molecule has 5 heteroatoms. The molecule has 0 bridgehead atoms. The third-order valence-corrected chi connectivity index (χ3v) is 2.63. The van der Waals surface area contributed by atoms with Gasteiger partial charge in [0.15, 0.2) is 5.65 Å². The molecule has 0 saturated heterocycles. The van der Waals surface area contributed by atoms with E-state index in [2.05, 4.69) is 9.97 Å². The van der Waals surface area contributed by atoms with E-state index in [1.54, 1.807) is 6.33 Å². The highest BCUT2D eigenvalue weighted by Crippen LogP contribution is 2.12. The van der Waals surface area contributed by atoms with Crippen LogP contribution in [0.5, 0.6) is 0 Å². The van der Waals surface area contributed by atoms with Crippen LogP contribution in [0.15, 0.2) is 18.6 Å². The number of pyridine rings is 1. The van der Waals surface area contributed by atoms with Gasteiger partial charge in [0.2, 0.25) is 0 Å². The van der Waals surface area contributed by atoms with E-state index in [4.69, 9.17) is 5.11 Å². The van der Waals surface area contributed by atoms with E-state index in [1.165, 1.54) is 0 Å². The number of fused-ring (bicyclic) bond motifs is 1. The number of aromatic nitrogens is 3. The van der Waals surface area contributed by atoms with E-state index >= 15 is 0 Å². The molecular weight excluding hydrogens is 218 g/mol. The molecule has 0 unspecified atom stereocenters. The van der Waals surface area contributed by atoms with Crippen LogP contribution in [0.3, 0.4) is 0 Å². The van der Waals surface area contributed by atoms with Crippen LogP contribution in [-0.4, -0.2) is 25.6 Å². The smallest absolute Gasteiger partial charge is 0.303 e. The molecule has 0 aliphatic rings. The first-order valence-electron chi connectivity index (χ1n) is 5.66. The second kappa shape index (κ2) is 4.95.